The van der Waals surface area contributed by atoms with Crippen LogP contribution in [0.1, 0.15) is 39.0 Å². The molecule has 0 heterocycles. The van der Waals surface area contributed by atoms with Crippen LogP contribution in [0.15, 0.2) is 0 Å². The van der Waals surface area contributed by atoms with Crippen molar-refractivity contribution in [2.24, 2.45) is 11.7 Å². The standard InChI is InChI=1S/C12H24N2OS/c1-2-7-16-9-12(15)14-11-6-4-3-5-10(11)8-13/h10-11H,2-9,13H2,1H3,(H,14,15). The van der Waals surface area contributed by atoms with Crippen molar-refractivity contribution in [1.82, 2.24) is 5.32 Å². The lowest BCUT2D eigenvalue weighted by Gasteiger charge is -2.31. The molecular weight excluding hydrogens is 220 g/mol. The Bertz CT molecular complexity index is 211. The number of hydrogen-bond acceptors (Lipinski definition) is 3. The predicted octanol–water partition coefficient (Wildman–Crippen LogP) is 1.76. The molecule has 2 unspecified atom stereocenters. The molecule has 16 heavy (non-hydrogen) atoms. The van der Waals surface area contributed by atoms with Gasteiger partial charge in [-0.05, 0) is 37.5 Å². The molecule has 3 nitrogen and oxygen atoms in total. The molecule has 0 aliphatic heterocycles. The molecule has 0 bridgehead atoms. The van der Waals surface area contributed by atoms with Crippen LogP contribution in [0.2, 0.25) is 0 Å². The second-order valence-corrected chi connectivity index (χ2v) is 5.61. The molecule has 0 spiro atoms. The molecule has 94 valence electrons. The summed E-state index contributed by atoms with van der Waals surface area (Å²) in [6, 6.07) is 0.327. The summed E-state index contributed by atoms with van der Waals surface area (Å²) in [5, 5.41) is 3.14. The molecule has 4 heteroatoms. The van der Waals surface area contributed by atoms with Crippen LogP contribution in [0.4, 0.5) is 0 Å². The molecule has 0 aromatic carbocycles. The molecule has 1 aliphatic carbocycles. The Labute approximate surface area is 103 Å². The van der Waals surface area contributed by atoms with Crippen LogP contribution in [0.5, 0.6) is 0 Å². The Morgan fingerprint density at radius 1 is 1.44 bits per heavy atom. The Hall–Kier alpha value is -0.220. The van der Waals surface area contributed by atoms with E-state index in [1.807, 2.05) is 0 Å². The van der Waals surface area contributed by atoms with Crippen molar-refractivity contribution in [3.63, 3.8) is 0 Å². The molecule has 0 saturated heterocycles. The molecule has 2 atom stereocenters. The van der Waals surface area contributed by atoms with Gasteiger partial charge in [-0.2, -0.15) is 11.8 Å². The van der Waals surface area contributed by atoms with Crippen molar-refractivity contribution in [1.29, 1.82) is 0 Å². The second-order valence-electron chi connectivity index (χ2n) is 4.51. The Balaban J connectivity index is 2.25. The van der Waals surface area contributed by atoms with Crippen molar-refractivity contribution < 1.29 is 4.79 Å². The van der Waals surface area contributed by atoms with Gasteiger partial charge in [-0.1, -0.05) is 19.8 Å². The highest BCUT2D eigenvalue weighted by Gasteiger charge is 2.24. The van der Waals surface area contributed by atoms with E-state index in [4.69, 9.17) is 5.73 Å². The number of carbonyl (C=O) groups is 1. The van der Waals surface area contributed by atoms with Crippen molar-refractivity contribution >= 4 is 17.7 Å². The first kappa shape index (κ1) is 13.8. The third-order valence-electron chi connectivity index (χ3n) is 3.14. The minimum Gasteiger partial charge on any atom is -0.352 e. The zero-order valence-electron chi connectivity index (χ0n) is 10.2. The zero-order valence-corrected chi connectivity index (χ0v) is 11.0. The fourth-order valence-electron chi connectivity index (χ4n) is 2.24. The maximum Gasteiger partial charge on any atom is 0.230 e. The van der Waals surface area contributed by atoms with Crippen LogP contribution in [-0.2, 0) is 4.79 Å². The van der Waals surface area contributed by atoms with E-state index in [2.05, 4.69) is 12.2 Å². The van der Waals surface area contributed by atoms with E-state index in [1.54, 1.807) is 11.8 Å². The Morgan fingerprint density at radius 3 is 2.88 bits per heavy atom. The van der Waals surface area contributed by atoms with Gasteiger partial charge >= 0.3 is 0 Å². The van der Waals surface area contributed by atoms with Crippen molar-refractivity contribution in [2.45, 2.75) is 45.1 Å². The Morgan fingerprint density at radius 2 is 2.19 bits per heavy atom. The highest BCUT2D eigenvalue weighted by molar-refractivity contribution is 7.99. The maximum absolute atomic E-state index is 11.7. The minimum atomic E-state index is 0.184. The van der Waals surface area contributed by atoms with E-state index in [-0.39, 0.29) is 5.91 Å². The summed E-state index contributed by atoms with van der Waals surface area (Å²) in [6.45, 7) is 2.84. The van der Waals surface area contributed by atoms with Crippen LogP contribution >= 0.6 is 11.8 Å². The quantitative estimate of drug-likeness (QED) is 0.700. The lowest BCUT2D eigenvalue weighted by Crippen LogP contribution is -2.45. The first-order chi connectivity index (χ1) is 7.77. The third kappa shape index (κ3) is 4.74. The van der Waals surface area contributed by atoms with Gasteiger partial charge in [0.1, 0.15) is 0 Å². The second kappa shape index (κ2) is 7.96. The zero-order chi connectivity index (χ0) is 11.8. The van der Waals surface area contributed by atoms with Gasteiger partial charge in [-0.3, -0.25) is 4.79 Å². The SMILES string of the molecule is CCCSCC(=O)NC1CCCCC1CN. The molecule has 0 aromatic rings. The molecule has 3 N–H and O–H groups in total. The lowest BCUT2D eigenvalue weighted by atomic mass is 9.84. The van der Waals surface area contributed by atoms with Gasteiger partial charge in [0.05, 0.1) is 5.75 Å². The molecule has 0 radical (unpaired) electrons. The molecule has 0 aromatic heterocycles. The summed E-state index contributed by atoms with van der Waals surface area (Å²) in [4.78, 5) is 11.7. The van der Waals surface area contributed by atoms with Gasteiger partial charge in [0.25, 0.3) is 0 Å². The van der Waals surface area contributed by atoms with Crippen LogP contribution in [0.3, 0.4) is 0 Å². The van der Waals surface area contributed by atoms with Crippen LogP contribution in [-0.4, -0.2) is 30.0 Å². The molecule has 1 saturated carbocycles. The summed E-state index contributed by atoms with van der Waals surface area (Å²) in [6.07, 6.45) is 5.89. The average Bonchev–Trinajstić information content (AvgIpc) is 2.30. The smallest absolute Gasteiger partial charge is 0.230 e. The van der Waals surface area contributed by atoms with E-state index in [0.29, 0.717) is 24.3 Å². The summed E-state index contributed by atoms with van der Waals surface area (Å²) < 4.78 is 0. The van der Waals surface area contributed by atoms with Crippen molar-refractivity contribution in [3.8, 4) is 0 Å². The fourth-order valence-corrected chi connectivity index (χ4v) is 2.94. The molecular formula is C12H24N2OS. The third-order valence-corrected chi connectivity index (χ3v) is 4.30. The van der Waals surface area contributed by atoms with Gasteiger partial charge in [-0.15, -0.1) is 0 Å². The molecule has 1 aliphatic rings. The summed E-state index contributed by atoms with van der Waals surface area (Å²) in [7, 11) is 0. The largest absolute Gasteiger partial charge is 0.352 e. The topological polar surface area (TPSA) is 55.1 Å². The fraction of sp³-hybridized carbons (Fsp3) is 0.917. The van der Waals surface area contributed by atoms with E-state index < -0.39 is 0 Å². The van der Waals surface area contributed by atoms with Crippen LogP contribution in [0, 0.1) is 5.92 Å². The summed E-state index contributed by atoms with van der Waals surface area (Å²) in [5.41, 5.74) is 5.73. The molecule has 1 rings (SSSR count). The van der Waals surface area contributed by atoms with E-state index in [0.717, 1.165) is 18.6 Å². The molecule has 1 fully saturated rings. The normalized spacial score (nSPS) is 25.4. The highest BCUT2D eigenvalue weighted by atomic mass is 32.2. The van der Waals surface area contributed by atoms with Crippen molar-refractivity contribution in [2.75, 3.05) is 18.1 Å². The monoisotopic (exact) mass is 244 g/mol. The average molecular weight is 244 g/mol. The van der Waals surface area contributed by atoms with E-state index in [9.17, 15) is 4.79 Å². The summed E-state index contributed by atoms with van der Waals surface area (Å²) in [5.74, 6) is 2.35. The van der Waals surface area contributed by atoms with Gasteiger partial charge in [0, 0.05) is 6.04 Å². The Kier molecular flexibility index (Phi) is 6.88. The number of carbonyl (C=O) groups excluding carboxylic acids is 1. The number of amides is 1. The maximum atomic E-state index is 11.7. The van der Waals surface area contributed by atoms with Gasteiger partial charge in [0.15, 0.2) is 0 Å². The lowest BCUT2D eigenvalue weighted by molar-refractivity contribution is -0.119. The van der Waals surface area contributed by atoms with E-state index in [1.165, 1.54) is 19.3 Å². The van der Waals surface area contributed by atoms with Gasteiger partial charge in [0.2, 0.25) is 5.91 Å². The van der Waals surface area contributed by atoms with Gasteiger partial charge < -0.3 is 11.1 Å². The van der Waals surface area contributed by atoms with E-state index >= 15 is 0 Å². The predicted molar refractivity (Wildman–Crippen MR) is 70.6 cm³/mol. The van der Waals surface area contributed by atoms with Crippen LogP contribution in [0.25, 0.3) is 0 Å². The van der Waals surface area contributed by atoms with Crippen molar-refractivity contribution in [3.05, 3.63) is 0 Å². The number of hydrogen-bond donors (Lipinski definition) is 2. The summed E-state index contributed by atoms with van der Waals surface area (Å²) >= 11 is 1.72. The minimum absolute atomic E-state index is 0.184. The molecule has 1 amide bonds. The number of nitrogens with two attached hydrogens (primary N) is 1. The highest BCUT2D eigenvalue weighted by Crippen LogP contribution is 2.23. The number of nitrogens with one attached hydrogen (secondary N) is 1. The first-order valence-corrected chi connectivity index (χ1v) is 7.50. The van der Waals surface area contributed by atoms with Crippen LogP contribution < -0.4 is 11.1 Å². The number of thioether (sulfide) groups is 1. The number of rotatable bonds is 6. The first-order valence-electron chi connectivity index (χ1n) is 6.35. The van der Waals surface area contributed by atoms with Gasteiger partial charge in [-0.25, -0.2) is 0 Å².